The number of anilines is 1. The van der Waals surface area contributed by atoms with E-state index < -0.39 is 0 Å². The van der Waals surface area contributed by atoms with Gasteiger partial charge in [0.25, 0.3) is 0 Å². The first-order valence-electron chi connectivity index (χ1n) is 11.2. The molecule has 0 radical (unpaired) electrons. The summed E-state index contributed by atoms with van der Waals surface area (Å²) in [6.45, 7) is 7.04. The van der Waals surface area contributed by atoms with E-state index in [1.54, 1.807) is 24.5 Å². The van der Waals surface area contributed by atoms with E-state index in [0.717, 1.165) is 22.8 Å². The largest absolute Gasteiger partial charge is 0.302 e. The van der Waals surface area contributed by atoms with E-state index >= 15 is 0 Å². The van der Waals surface area contributed by atoms with Crippen LogP contribution in [0.4, 0.5) is 9.52 Å². The molecule has 5 rings (SSSR count). The number of likely N-dealkylation sites (N-methyl/N-ethyl adjacent to an activating group) is 1. The summed E-state index contributed by atoms with van der Waals surface area (Å²) >= 11 is 2.63. The average Bonchev–Trinajstić information content (AvgIpc) is 3.39. The fourth-order valence-corrected chi connectivity index (χ4v) is 6.08. The molecule has 0 saturated carbocycles. The lowest BCUT2D eigenvalue weighted by Crippen LogP contribution is -2.55. The Morgan fingerprint density at radius 2 is 2.06 bits per heavy atom. The van der Waals surface area contributed by atoms with E-state index in [0.29, 0.717) is 46.4 Å². The number of halogens is 1. The zero-order valence-electron chi connectivity index (χ0n) is 19.2. The summed E-state index contributed by atoms with van der Waals surface area (Å²) in [5.41, 5.74) is 0.531. The molecule has 1 aliphatic rings. The maximum atomic E-state index is 14.8. The highest BCUT2D eigenvalue weighted by Gasteiger charge is 2.26. The van der Waals surface area contributed by atoms with Crippen molar-refractivity contribution >= 4 is 50.1 Å². The van der Waals surface area contributed by atoms with Crippen molar-refractivity contribution in [3.05, 3.63) is 42.6 Å². The van der Waals surface area contributed by atoms with Crippen LogP contribution in [0.1, 0.15) is 20.3 Å². The monoisotopic (exact) mass is 499 g/mol. The number of carbonyl (C=O) groups excluding carboxylic acids is 1. The fraction of sp³-hybridized carbons (Fsp3) is 0.391. The van der Waals surface area contributed by atoms with Crippen molar-refractivity contribution < 1.29 is 9.18 Å². The van der Waals surface area contributed by atoms with Gasteiger partial charge in [0.1, 0.15) is 10.8 Å². The Kier molecular flexibility index (Phi) is 6.52. The van der Waals surface area contributed by atoms with Crippen LogP contribution in [0.15, 0.2) is 46.7 Å². The Balaban J connectivity index is 1.25. The lowest BCUT2D eigenvalue weighted by molar-refractivity contribution is -0.116. The predicted molar refractivity (Wildman–Crippen MR) is 133 cm³/mol. The molecule has 4 aromatic rings. The molecule has 1 N–H and O–H groups in total. The third kappa shape index (κ3) is 4.78. The number of fused-ring (bicyclic) bond motifs is 2. The second kappa shape index (κ2) is 9.57. The zero-order valence-corrected chi connectivity index (χ0v) is 20.9. The molecule has 0 bridgehead atoms. The molecule has 34 heavy (non-hydrogen) atoms. The number of nitrogens with one attached hydrogen (secondary N) is 1. The number of nitrogens with zero attached hydrogens (tertiary/aromatic N) is 6. The number of benzene rings is 1. The van der Waals surface area contributed by atoms with Crippen molar-refractivity contribution in [1.82, 2.24) is 29.2 Å². The second-order valence-corrected chi connectivity index (χ2v) is 10.8. The molecule has 178 valence electrons. The number of thiazole rings is 1. The predicted octanol–water partition coefficient (Wildman–Crippen LogP) is 3.98. The Morgan fingerprint density at radius 1 is 1.26 bits per heavy atom. The SMILES string of the molecule is CC1CN(CCC(=O)Nc2nc3cc(F)c(Sc4cnc5ncccn45)cc3s2)CC(C)N1C. The van der Waals surface area contributed by atoms with Gasteiger partial charge in [0.15, 0.2) is 5.13 Å². The number of amides is 1. The maximum absolute atomic E-state index is 14.8. The van der Waals surface area contributed by atoms with E-state index in [1.807, 2.05) is 10.6 Å². The third-order valence-corrected chi connectivity index (χ3v) is 8.23. The van der Waals surface area contributed by atoms with Gasteiger partial charge in [-0.15, -0.1) is 0 Å². The minimum Gasteiger partial charge on any atom is -0.302 e. The molecule has 1 saturated heterocycles. The van der Waals surface area contributed by atoms with Crippen LogP contribution in [0.2, 0.25) is 0 Å². The zero-order chi connectivity index (χ0) is 23.8. The van der Waals surface area contributed by atoms with Crippen LogP contribution in [0.25, 0.3) is 16.0 Å². The topological polar surface area (TPSA) is 78.7 Å². The molecular weight excluding hydrogens is 473 g/mol. The highest BCUT2D eigenvalue weighted by Crippen LogP contribution is 2.35. The van der Waals surface area contributed by atoms with Crippen LogP contribution >= 0.6 is 23.1 Å². The molecule has 2 unspecified atom stereocenters. The number of aromatic nitrogens is 4. The maximum Gasteiger partial charge on any atom is 0.234 e. The molecule has 1 aliphatic heterocycles. The summed E-state index contributed by atoms with van der Waals surface area (Å²) in [7, 11) is 2.15. The number of imidazole rings is 1. The number of rotatable bonds is 6. The number of piperazine rings is 1. The Labute approximate surface area is 205 Å². The summed E-state index contributed by atoms with van der Waals surface area (Å²) in [5, 5.41) is 4.15. The second-order valence-electron chi connectivity index (χ2n) is 8.68. The molecule has 11 heteroatoms. The first-order chi connectivity index (χ1) is 16.4. The molecule has 3 aromatic heterocycles. The van der Waals surface area contributed by atoms with Crippen LogP contribution in [0, 0.1) is 5.82 Å². The first-order valence-corrected chi connectivity index (χ1v) is 12.8. The van der Waals surface area contributed by atoms with Gasteiger partial charge < -0.3 is 5.32 Å². The smallest absolute Gasteiger partial charge is 0.234 e. The normalized spacial score (nSPS) is 19.8. The van der Waals surface area contributed by atoms with Crippen LogP contribution in [-0.2, 0) is 4.79 Å². The summed E-state index contributed by atoms with van der Waals surface area (Å²) in [6.07, 6.45) is 5.59. The molecule has 2 atom stereocenters. The number of carbonyl (C=O) groups is 1. The summed E-state index contributed by atoms with van der Waals surface area (Å²) < 4.78 is 17.4. The minimum absolute atomic E-state index is 0.0772. The molecule has 0 aliphatic carbocycles. The van der Waals surface area contributed by atoms with E-state index in [1.165, 1.54) is 29.2 Å². The van der Waals surface area contributed by atoms with Gasteiger partial charge in [0.2, 0.25) is 11.7 Å². The molecular formula is C23H26FN7OS2. The minimum atomic E-state index is -0.363. The third-order valence-electron chi connectivity index (χ3n) is 6.25. The van der Waals surface area contributed by atoms with Crippen LogP contribution in [0.5, 0.6) is 0 Å². The van der Waals surface area contributed by atoms with Crippen molar-refractivity contribution in [2.45, 2.75) is 42.3 Å². The van der Waals surface area contributed by atoms with Crippen LogP contribution in [0.3, 0.4) is 0 Å². The molecule has 4 heterocycles. The molecule has 1 fully saturated rings. The van der Waals surface area contributed by atoms with E-state index in [2.05, 4.69) is 51.0 Å². The molecule has 1 amide bonds. The highest BCUT2D eigenvalue weighted by molar-refractivity contribution is 7.99. The number of hydrogen-bond donors (Lipinski definition) is 1. The molecule has 1 aromatic carbocycles. The van der Waals surface area contributed by atoms with E-state index in [9.17, 15) is 9.18 Å². The van der Waals surface area contributed by atoms with Gasteiger partial charge in [-0.25, -0.2) is 19.3 Å². The first kappa shape index (κ1) is 23.2. The van der Waals surface area contributed by atoms with Gasteiger partial charge in [-0.05, 0) is 33.0 Å². The van der Waals surface area contributed by atoms with Crippen molar-refractivity contribution in [2.75, 3.05) is 32.0 Å². The lowest BCUT2D eigenvalue weighted by atomic mass is 10.1. The summed E-state index contributed by atoms with van der Waals surface area (Å²) in [5.74, 6) is 0.124. The van der Waals surface area contributed by atoms with Gasteiger partial charge in [-0.3, -0.25) is 19.0 Å². The quantitative estimate of drug-likeness (QED) is 0.430. The summed E-state index contributed by atoms with van der Waals surface area (Å²) in [6, 6.07) is 5.93. The fourth-order valence-electron chi connectivity index (χ4n) is 4.19. The van der Waals surface area contributed by atoms with Gasteiger partial charge in [0.05, 0.1) is 21.3 Å². The Bertz CT molecular complexity index is 1330. The van der Waals surface area contributed by atoms with Gasteiger partial charge >= 0.3 is 0 Å². The van der Waals surface area contributed by atoms with E-state index in [4.69, 9.17) is 0 Å². The van der Waals surface area contributed by atoms with Crippen molar-refractivity contribution in [1.29, 1.82) is 0 Å². The lowest BCUT2D eigenvalue weighted by Gasteiger charge is -2.42. The van der Waals surface area contributed by atoms with Crippen molar-refractivity contribution in [3.8, 4) is 0 Å². The number of hydrogen-bond acceptors (Lipinski definition) is 8. The standard InChI is InChI=1S/C23H26FN7OS2/c1-14-12-30(13-15(2)29(14)3)8-5-20(32)28-23-27-17-9-16(24)18(10-19(17)34-23)33-21-11-26-22-25-6-4-7-31(21)22/h4,6-7,9-11,14-15H,5,8,12-13H2,1-3H3,(H,27,28,32). The van der Waals surface area contributed by atoms with Gasteiger partial charge in [-0.1, -0.05) is 23.1 Å². The molecule has 8 nitrogen and oxygen atoms in total. The van der Waals surface area contributed by atoms with Gasteiger partial charge in [-0.2, -0.15) is 0 Å². The van der Waals surface area contributed by atoms with Crippen molar-refractivity contribution in [2.24, 2.45) is 0 Å². The summed E-state index contributed by atoms with van der Waals surface area (Å²) in [4.78, 5) is 30.6. The van der Waals surface area contributed by atoms with Crippen LogP contribution < -0.4 is 5.32 Å². The Hall–Kier alpha value is -2.60. The molecule has 0 spiro atoms. The Morgan fingerprint density at radius 3 is 2.85 bits per heavy atom. The van der Waals surface area contributed by atoms with Crippen LogP contribution in [-0.4, -0.2) is 73.8 Å². The van der Waals surface area contributed by atoms with Gasteiger partial charge in [0, 0.05) is 56.6 Å². The average molecular weight is 500 g/mol. The van der Waals surface area contributed by atoms with Crippen molar-refractivity contribution in [3.63, 3.8) is 0 Å². The highest BCUT2D eigenvalue weighted by atomic mass is 32.2. The van der Waals surface area contributed by atoms with E-state index in [-0.39, 0.29) is 11.7 Å².